The van der Waals surface area contributed by atoms with E-state index in [0.717, 1.165) is 23.5 Å². The number of H-pyrrole nitrogens is 1. The van der Waals surface area contributed by atoms with Gasteiger partial charge in [-0.3, -0.25) is 19.4 Å². The molecule has 2 aromatic rings. The summed E-state index contributed by atoms with van der Waals surface area (Å²) in [6.45, 7) is 10.4. The number of hydrogen-bond donors (Lipinski definition) is 3. The molecule has 0 aliphatic heterocycles. The average molecular weight is 365 g/mol. The van der Waals surface area contributed by atoms with Gasteiger partial charge in [-0.25, -0.2) is 0 Å². The molecule has 0 radical (unpaired) electrons. The third-order valence-corrected chi connectivity index (χ3v) is 4.36. The van der Waals surface area contributed by atoms with E-state index in [-0.39, 0.29) is 24.1 Å². The van der Waals surface area contributed by atoms with Crippen LogP contribution in [0.4, 0.5) is 5.69 Å². The van der Waals surface area contributed by atoms with E-state index in [0.29, 0.717) is 16.1 Å². The highest BCUT2D eigenvalue weighted by Gasteiger charge is 2.17. The molecule has 6 nitrogen and oxygen atoms in total. The molecule has 1 aromatic heterocycles. The Hall–Kier alpha value is -2.21. The number of aromatic nitrogens is 2. The third-order valence-electron chi connectivity index (χ3n) is 4.14. The molecule has 0 unspecified atom stereocenters. The minimum Gasteiger partial charge on any atom is -0.385 e. The molecular weight excluding hydrogens is 340 g/mol. The Bertz CT molecular complexity index is 836. The Morgan fingerprint density at radius 2 is 2.00 bits per heavy atom. The third kappa shape index (κ3) is 4.07. The highest BCUT2D eigenvalue weighted by Crippen LogP contribution is 2.25. The lowest BCUT2D eigenvalue weighted by atomic mass is 10.1. The van der Waals surface area contributed by atoms with Crippen LogP contribution in [0.15, 0.2) is 16.9 Å². The summed E-state index contributed by atoms with van der Waals surface area (Å²) < 4.78 is 1.56. The number of hydrogen-bond acceptors (Lipinski definition) is 3. The number of anilines is 1. The average Bonchev–Trinajstić information content (AvgIpc) is 2.83. The number of halogens is 1. The van der Waals surface area contributed by atoms with Crippen LogP contribution in [0, 0.1) is 13.8 Å². The second kappa shape index (κ2) is 7.78. The van der Waals surface area contributed by atoms with E-state index < -0.39 is 0 Å². The normalized spacial score (nSPS) is 11.0. The number of nitrogens with zero attached hydrogens (tertiary/aromatic N) is 1. The molecule has 2 rings (SSSR count). The number of rotatable bonds is 6. The van der Waals surface area contributed by atoms with Gasteiger partial charge in [0.2, 0.25) is 0 Å². The first kappa shape index (κ1) is 19.1. The Morgan fingerprint density at radius 3 is 2.56 bits per heavy atom. The van der Waals surface area contributed by atoms with Gasteiger partial charge in [-0.1, -0.05) is 11.6 Å². The fraction of sp³-hybridized carbons (Fsp3) is 0.444. The van der Waals surface area contributed by atoms with E-state index in [1.165, 1.54) is 0 Å². The van der Waals surface area contributed by atoms with E-state index in [4.69, 9.17) is 11.6 Å². The van der Waals surface area contributed by atoms with Crippen LogP contribution in [0.2, 0.25) is 5.02 Å². The molecule has 0 spiro atoms. The highest BCUT2D eigenvalue weighted by molar-refractivity contribution is 6.31. The maximum absolute atomic E-state index is 12.6. The monoisotopic (exact) mass is 364 g/mol. The number of aryl methyl sites for hydroxylation is 1. The first-order valence-electron chi connectivity index (χ1n) is 8.38. The molecule has 0 aliphatic carbocycles. The molecule has 1 heterocycles. The zero-order valence-corrected chi connectivity index (χ0v) is 16.0. The predicted molar refractivity (Wildman–Crippen MR) is 102 cm³/mol. The van der Waals surface area contributed by atoms with Crippen molar-refractivity contribution in [3.8, 4) is 0 Å². The van der Waals surface area contributed by atoms with Crippen molar-refractivity contribution in [2.75, 3.05) is 11.9 Å². The van der Waals surface area contributed by atoms with E-state index in [9.17, 15) is 9.59 Å². The highest BCUT2D eigenvalue weighted by atomic mass is 35.5. The minimum atomic E-state index is -0.254. The standard InChI is InChI=1S/C18H25ClN4O2/c1-6-20-16-8-13(19)7-14(11(16)4)17(24)21-9-15-12(5)22-23(10(2)3)18(15)25/h7-8,10,20,22H,6,9H2,1-5H3,(H,21,24). The fourth-order valence-corrected chi connectivity index (χ4v) is 2.95. The predicted octanol–water partition coefficient (Wildman–Crippen LogP) is 3.39. The number of carbonyl (C=O) groups is 1. The van der Waals surface area contributed by atoms with Gasteiger partial charge in [-0.15, -0.1) is 0 Å². The molecular formula is C18H25ClN4O2. The maximum Gasteiger partial charge on any atom is 0.271 e. The van der Waals surface area contributed by atoms with Crippen molar-refractivity contribution in [3.05, 3.63) is 49.9 Å². The lowest BCUT2D eigenvalue weighted by Gasteiger charge is -2.13. The lowest BCUT2D eigenvalue weighted by Crippen LogP contribution is -2.28. The number of carbonyl (C=O) groups excluding carboxylic acids is 1. The van der Waals surface area contributed by atoms with Crippen molar-refractivity contribution in [1.82, 2.24) is 15.1 Å². The number of aromatic amines is 1. The summed E-state index contributed by atoms with van der Waals surface area (Å²) in [6, 6.07) is 3.48. The number of benzene rings is 1. The SMILES string of the molecule is CCNc1cc(Cl)cc(C(=O)NCc2c(C)[nH]n(C(C)C)c2=O)c1C. The van der Waals surface area contributed by atoms with Crippen LogP contribution < -0.4 is 16.2 Å². The largest absolute Gasteiger partial charge is 0.385 e. The van der Waals surface area contributed by atoms with E-state index in [1.807, 2.05) is 34.6 Å². The summed E-state index contributed by atoms with van der Waals surface area (Å²) in [5, 5.41) is 9.56. The Balaban J connectivity index is 2.23. The molecule has 3 N–H and O–H groups in total. The lowest BCUT2D eigenvalue weighted by molar-refractivity contribution is 0.0950. The molecule has 1 amide bonds. The molecule has 0 fully saturated rings. The molecule has 136 valence electrons. The molecule has 0 atom stereocenters. The van der Waals surface area contributed by atoms with Gasteiger partial charge in [0.05, 0.1) is 12.1 Å². The second-order valence-corrected chi connectivity index (χ2v) is 6.76. The molecule has 0 saturated carbocycles. The van der Waals surface area contributed by atoms with Gasteiger partial charge >= 0.3 is 0 Å². The number of amides is 1. The van der Waals surface area contributed by atoms with Gasteiger partial charge in [0.15, 0.2) is 0 Å². The molecule has 7 heteroatoms. The van der Waals surface area contributed by atoms with Crippen LogP contribution in [-0.4, -0.2) is 22.2 Å². The van der Waals surface area contributed by atoms with Gasteiger partial charge in [-0.05, 0) is 52.3 Å². The van der Waals surface area contributed by atoms with Crippen molar-refractivity contribution in [2.45, 2.75) is 47.2 Å². The molecule has 0 bridgehead atoms. The van der Waals surface area contributed by atoms with Crippen LogP contribution in [0.3, 0.4) is 0 Å². The van der Waals surface area contributed by atoms with Gasteiger partial charge in [0.1, 0.15) is 0 Å². The first-order chi connectivity index (χ1) is 11.8. The fourth-order valence-electron chi connectivity index (χ4n) is 2.73. The molecule has 0 aliphatic rings. The summed E-state index contributed by atoms with van der Waals surface area (Å²) in [7, 11) is 0. The van der Waals surface area contributed by atoms with Gasteiger partial charge in [-0.2, -0.15) is 0 Å². The van der Waals surface area contributed by atoms with Crippen LogP contribution in [0.5, 0.6) is 0 Å². The molecule has 1 aromatic carbocycles. The van der Waals surface area contributed by atoms with Crippen molar-refractivity contribution < 1.29 is 4.79 Å². The summed E-state index contributed by atoms with van der Waals surface area (Å²) in [5.41, 5.74) is 3.38. The van der Waals surface area contributed by atoms with E-state index in [1.54, 1.807) is 16.8 Å². The topological polar surface area (TPSA) is 78.9 Å². The maximum atomic E-state index is 12.6. The van der Waals surface area contributed by atoms with Crippen molar-refractivity contribution in [2.24, 2.45) is 0 Å². The van der Waals surface area contributed by atoms with Crippen molar-refractivity contribution in [1.29, 1.82) is 0 Å². The zero-order valence-electron chi connectivity index (χ0n) is 15.3. The zero-order chi connectivity index (χ0) is 18.7. The van der Waals surface area contributed by atoms with Crippen molar-refractivity contribution >= 4 is 23.2 Å². The number of nitrogens with one attached hydrogen (secondary N) is 3. The quantitative estimate of drug-likeness (QED) is 0.735. The van der Waals surface area contributed by atoms with Gasteiger partial charge in [0, 0.05) is 34.6 Å². The van der Waals surface area contributed by atoms with E-state index >= 15 is 0 Å². The molecule has 0 saturated heterocycles. The summed E-state index contributed by atoms with van der Waals surface area (Å²) in [4.78, 5) is 25.0. The summed E-state index contributed by atoms with van der Waals surface area (Å²) >= 11 is 6.13. The Labute approximate surface area is 152 Å². The van der Waals surface area contributed by atoms with Crippen LogP contribution in [0.25, 0.3) is 0 Å². The summed E-state index contributed by atoms with van der Waals surface area (Å²) in [6.07, 6.45) is 0. The van der Waals surface area contributed by atoms with E-state index in [2.05, 4.69) is 15.7 Å². The minimum absolute atomic E-state index is 0.0357. The second-order valence-electron chi connectivity index (χ2n) is 6.32. The van der Waals surface area contributed by atoms with Gasteiger partial charge < -0.3 is 10.6 Å². The van der Waals surface area contributed by atoms with Crippen LogP contribution in [-0.2, 0) is 6.54 Å². The Morgan fingerprint density at radius 1 is 1.32 bits per heavy atom. The van der Waals surface area contributed by atoms with Crippen molar-refractivity contribution in [3.63, 3.8) is 0 Å². The Kier molecular flexibility index (Phi) is 5.95. The smallest absolute Gasteiger partial charge is 0.271 e. The van der Waals surface area contributed by atoms with Crippen LogP contribution >= 0.6 is 11.6 Å². The molecule has 25 heavy (non-hydrogen) atoms. The summed E-state index contributed by atoms with van der Waals surface area (Å²) in [5.74, 6) is -0.254. The van der Waals surface area contributed by atoms with Crippen LogP contribution in [0.1, 0.15) is 54.0 Å². The first-order valence-corrected chi connectivity index (χ1v) is 8.76. The van der Waals surface area contributed by atoms with Gasteiger partial charge in [0.25, 0.3) is 11.5 Å².